The molecule has 0 aliphatic rings. The van der Waals surface area contributed by atoms with E-state index in [1.165, 1.54) is 18.2 Å². The predicted molar refractivity (Wildman–Crippen MR) is 82.8 cm³/mol. The molecule has 1 N–H and O–H groups in total. The molecule has 0 aliphatic heterocycles. The van der Waals surface area contributed by atoms with Crippen LogP contribution in [0.25, 0.3) is 5.69 Å². The van der Waals surface area contributed by atoms with Gasteiger partial charge in [-0.15, -0.1) is 0 Å². The van der Waals surface area contributed by atoms with E-state index in [0.29, 0.717) is 17.7 Å². The second-order valence-electron chi connectivity index (χ2n) is 4.76. The quantitative estimate of drug-likeness (QED) is 0.140. The smallest absolute Gasteiger partial charge is 0.744 e. The fourth-order valence-electron chi connectivity index (χ4n) is 1.92. The first-order valence-corrected chi connectivity index (χ1v) is 10.3. The van der Waals surface area contributed by atoms with E-state index >= 15 is 0 Å². The van der Waals surface area contributed by atoms with E-state index in [1.54, 1.807) is 6.92 Å². The Kier molecular flexibility index (Phi) is 11.0. The Morgan fingerprint density at radius 3 is 2.33 bits per heavy atom. The van der Waals surface area contributed by atoms with Crippen LogP contribution in [0.15, 0.2) is 34.1 Å². The van der Waals surface area contributed by atoms with Crippen LogP contribution in [0.2, 0.25) is 0 Å². The molecule has 1 aromatic heterocycles. The van der Waals surface area contributed by atoms with Crippen molar-refractivity contribution < 1.29 is 95.1 Å². The first-order chi connectivity index (χ1) is 11.5. The maximum atomic E-state index is 11.5. The molecule has 0 fully saturated rings. The molecule has 138 valence electrons. The standard InChI is InChI=1S/C11H13N3O8S3.2Na/c1-7-5-11(13-24(2,16)17)14(12-7)9-6-8(23-22-21-15)3-4-10(9)25(18,19)20;;/h3-6,13,15H,1-2H3,(H,18,19,20);;/q;2*+1/p-2. The van der Waals surface area contributed by atoms with Gasteiger partial charge in [0.05, 0.1) is 34.6 Å². The zero-order valence-electron chi connectivity index (χ0n) is 14.7. The second kappa shape index (κ2) is 10.9. The molecule has 27 heavy (non-hydrogen) atoms. The number of hydrogen-bond acceptors (Lipinski definition) is 10. The molecule has 1 aromatic carbocycles. The summed E-state index contributed by atoms with van der Waals surface area (Å²) in [7, 11) is -8.60. The summed E-state index contributed by atoms with van der Waals surface area (Å²) in [6.45, 7) is 1.54. The number of hydrogen-bond donors (Lipinski definition) is 1. The summed E-state index contributed by atoms with van der Waals surface area (Å²) >= 11 is 0.463. The number of nitrogens with zero attached hydrogens (tertiary/aromatic N) is 2. The fourth-order valence-corrected chi connectivity index (χ4v) is 3.48. The third-order valence-corrected chi connectivity index (χ3v) is 4.74. The summed E-state index contributed by atoms with van der Waals surface area (Å²) in [5.41, 5.74) is 0.131. The van der Waals surface area contributed by atoms with Crippen molar-refractivity contribution in [3.63, 3.8) is 0 Å². The van der Waals surface area contributed by atoms with Crippen LogP contribution in [0.5, 0.6) is 0 Å². The van der Waals surface area contributed by atoms with Gasteiger partial charge in [0, 0.05) is 11.0 Å². The topological polar surface area (TPSA) is 163 Å². The van der Waals surface area contributed by atoms with Crippen LogP contribution < -0.4 is 69.1 Å². The second-order valence-corrected chi connectivity index (χ2v) is 8.63. The summed E-state index contributed by atoms with van der Waals surface area (Å²) in [5, 5.41) is 17.1. The fraction of sp³-hybridized carbons (Fsp3) is 0.182. The van der Waals surface area contributed by atoms with E-state index in [0.717, 1.165) is 17.0 Å². The maximum absolute atomic E-state index is 11.5. The average molecular weight is 455 g/mol. The van der Waals surface area contributed by atoms with Crippen molar-refractivity contribution >= 4 is 38.0 Å². The number of aryl methyl sites for hydroxylation is 1. The van der Waals surface area contributed by atoms with Crippen LogP contribution in [0, 0.1) is 6.92 Å². The van der Waals surface area contributed by atoms with Crippen molar-refractivity contribution in [3.05, 3.63) is 30.0 Å². The molecule has 0 amide bonds. The van der Waals surface area contributed by atoms with E-state index in [9.17, 15) is 26.6 Å². The van der Waals surface area contributed by atoms with Crippen molar-refractivity contribution in [3.8, 4) is 5.69 Å². The number of rotatable bonds is 7. The van der Waals surface area contributed by atoms with Crippen LogP contribution in [0.1, 0.15) is 5.69 Å². The van der Waals surface area contributed by atoms with Crippen molar-refractivity contribution in [1.29, 1.82) is 0 Å². The van der Waals surface area contributed by atoms with Gasteiger partial charge in [0.15, 0.2) is 0 Å². The van der Waals surface area contributed by atoms with Gasteiger partial charge in [-0.25, -0.2) is 21.5 Å². The van der Waals surface area contributed by atoms with Gasteiger partial charge in [0.1, 0.15) is 15.9 Å². The van der Waals surface area contributed by atoms with Crippen molar-refractivity contribution in [2.24, 2.45) is 0 Å². The summed E-state index contributed by atoms with van der Waals surface area (Å²) in [6, 6.07) is 4.71. The Labute approximate surface area is 204 Å². The van der Waals surface area contributed by atoms with E-state index in [-0.39, 0.29) is 75.5 Å². The van der Waals surface area contributed by atoms with Crippen LogP contribution >= 0.6 is 12.0 Å². The number of benzene rings is 1. The SMILES string of the molecule is Cc1cc(NS(C)(=O)=O)n(-c2cc(SOO[O-])ccc2S(=O)(=O)[O-])n1.[Na+].[Na+]. The molecule has 0 saturated carbocycles. The molecule has 0 saturated heterocycles. The van der Waals surface area contributed by atoms with Gasteiger partial charge in [-0.3, -0.25) is 9.76 Å². The molecular weight excluding hydrogens is 444 g/mol. The first-order valence-electron chi connectivity index (χ1n) is 6.29. The van der Waals surface area contributed by atoms with Crippen molar-refractivity contribution in [2.75, 3.05) is 11.0 Å². The Bertz CT molecular complexity index is 994. The van der Waals surface area contributed by atoms with Crippen molar-refractivity contribution in [2.45, 2.75) is 16.7 Å². The summed E-state index contributed by atoms with van der Waals surface area (Å²) in [5.74, 6) is -0.0759. The molecule has 2 rings (SSSR count). The Hall–Kier alpha value is 0.320. The Morgan fingerprint density at radius 2 is 1.81 bits per heavy atom. The van der Waals surface area contributed by atoms with Crippen LogP contribution in [-0.2, 0) is 29.5 Å². The van der Waals surface area contributed by atoms with Gasteiger partial charge in [-0.05, 0) is 25.1 Å². The van der Waals surface area contributed by atoms with Crippen LogP contribution in [-0.4, -0.2) is 37.4 Å². The Balaban J connectivity index is 0.00000338. The minimum atomic E-state index is -4.90. The number of sulfonamides is 1. The molecule has 16 heteroatoms. The van der Waals surface area contributed by atoms with E-state index in [4.69, 9.17) is 0 Å². The normalized spacial score (nSPS) is 11.4. The molecule has 0 bridgehead atoms. The molecule has 0 radical (unpaired) electrons. The molecule has 0 unspecified atom stereocenters. The molecular formula is C11H11N3Na2O8S3. The van der Waals surface area contributed by atoms with Crippen molar-refractivity contribution in [1.82, 2.24) is 9.78 Å². The van der Waals surface area contributed by atoms with Gasteiger partial charge < -0.3 is 9.81 Å². The molecule has 0 aliphatic carbocycles. The molecule has 11 nitrogen and oxygen atoms in total. The van der Waals surface area contributed by atoms with Gasteiger partial charge in [0.2, 0.25) is 10.0 Å². The Morgan fingerprint density at radius 1 is 1.19 bits per heavy atom. The van der Waals surface area contributed by atoms with Gasteiger partial charge in [-0.2, -0.15) is 9.43 Å². The third-order valence-electron chi connectivity index (χ3n) is 2.71. The molecule has 1 heterocycles. The zero-order valence-corrected chi connectivity index (χ0v) is 21.1. The summed E-state index contributed by atoms with van der Waals surface area (Å²) in [4.78, 5) is -0.434. The van der Waals surface area contributed by atoms with Gasteiger partial charge >= 0.3 is 59.1 Å². The maximum Gasteiger partial charge on any atom is 1.00 e. The zero-order chi connectivity index (χ0) is 18.8. The molecule has 0 atom stereocenters. The average Bonchev–Trinajstić information content (AvgIpc) is 2.82. The number of anilines is 1. The third kappa shape index (κ3) is 7.93. The molecule has 2 aromatic rings. The number of aromatic nitrogens is 2. The van der Waals surface area contributed by atoms with Crippen LogP contribution in [0.4, 0.5) is 5.82 Å². The monoisotopic (exact) mass is 455 g/mol. The largest absolute Gasteiger partial charge is 1.00 e. The molecule has 0 spiro atoms. The van der Waals surface area contributed by atoms with Gasteiger partial charge in [-0.1, -0.05) is 0 Å². The number of nitrogens with one attached hydrogen (secondary N) is 1. The van der Waals surface area contributed by atoms with E-state index < -0.39 is 25.0 Å². The summed E-state index contributed by atoms with van der Waals surface area (Å²) < 4.78 is 64.7. The first kappa shape index (κ1) is 27.3. The summed E-state index contributed by atoms with van der Waals surface area (Å²) in [6.07, 6.45) is 0.899. The predicted octanol–water partition coefficient (Wildman–Crippen LogP) is -6.31. The van der Waals surface area contributed by atoms with Gasteiger partial charge in [0.25, 0.3) is 0 Å². The van der Waals surface area contributed by atoms with Crippen LogP contribution in [0.3, 0.4) is 0 Å². The minimum Gasteiger partial charge on any atom is -0.744 e. The van der Waals surface area contributed by atoms with E-state index in [1.807, 2.05) is 0 Å². The minimum absolute atomic E-state index is 0. The van der Waals surface area contributed by atoms with E-state index in [2.05, 4.69) is 19.2 Å².